The van der Waals surface area contributed by atoms with Gasteiger partial charge < -0.3 is 0 Å². The van der Waals surface area contributed by atoms with Gasteiger partial charge >= 0.3 is 113 Å². The minimum atomic E-state index is -4.22. The number of hydrogen-bond donors (Lipinski definition) is 0. The third-order valence-electron chi connectivity index (χ3n) is 2.74. The molecule has 0 N–H and O–H groups in total. The van der Waals surface area contributed by atoms with Gasteiger partial charge in [0, 0.05) is 0 Å². The third-order valence-corrected chi connectivity index (χ3v) is 13.3. The Morgan fingerprint density at radius 1 is 0.706 bits per heavy atom. The number of hydrogen-bond acceptors (Lipinski definition) is 1. The van der Waals surface area contributed by atoms with E-state index in [9.17, 15) is 0 Å². The summed E-state index contributed by atoms with van der Waals surface area (Å²) in [6.07, 6.45) is 0. The van der Waals surface area contributed by atoms with E-state index >= 15 is 0 Å². The monoisotopic (exact) mass is 348 g/mol. The number of fused-ring (bicyclic) bond motifs is 2. The van der Waals surface area contributed by atoms with Crippen LogP contribution in [0.5, 0.6) is 11.5 Å². The number of halogens is 3. The molecular weight excluding hydrogens is 341 g/mol. The topological polar surface area (TPSA) is 9.23 Å². The molecule has 0 saturated carbocycles. The van der Waals surface area contributed by atoms with Gasteiger partial charge in [0.1, 0.15) is 0 Å². The molecule has 0 amide bonds. The van der Waals surface area contributed by atoms with Crippen molar-refractivity contribution in [1.82, 2.24) is 0 Å². The van der Waals surface area contributed by atoms with Gasteiger partial charge in [0.15, 0.2) is 0 Å². The molecule has 1 aliphatic heterocycles. The first-order valence-electron chi connectivity index (χ1n) is 5.02. The van der Waals surface area contributed by atoms with Crippen molar-refractivity contribution in [3.63, 3.8) is 0 Å². The molecule has 5 heteroatoms. The van der Waals surface area contributed by atoms with Crippen LogP contribution in [0.25, 0.3) is 0 Å². The fourth-order valence-electron chi connectivity index (χ4n) is 1.94. The maximum absolute atomic E-state index is 6.62. The van der Waals surface area contributed by atoms with Crippen molar-refractivity contribution >= 4 is 48.2 Å². The van der Waals surface area contributed by atoms with Crippen molar-refractivity contribution in [2.75, 3.05) is 0 Å². The molecule has 1 heterocycles. The molecule has 0 spiro atoms. The van der Waals surface area contributed by atoms with Gasteiger partial charge in [-0.3, -0.25) is 0 Å². The van der Waals surface area contributed by atoms with Gasteiger partial charge in [0.05, 0.1) is 0 Å². The Morgan fingerprint density at radius 2 is 1.12 bits per heavy atom. The molecule has 0 fully saturated rings. The zero-order chi connectivity index (χ0) is 12.1. The number of para-hydroxylation sites is 2. The van der Waals surface area contributed by atoms with Gasteiger partial charge in [-0.05, 0) is 0 Å². The van der Waals surface area contributed by atoms with Gasteiger partial charge in [-0.15, -0.1) is 0 Å². The Balaban J connectivity index is 2.38. The van der Waals surface area contributed by atoms with E-state index in [1.165, 1.54) is 0 Å². The van der Waals surface area contributed by atoms with Crippen molar-refractivity contribution < 1.29 is 4.74 Å². The molecule has 88 valence electrons. The van der Waals surface area contributed by atoms with Gasteiger partial charge in [-0.2, -0.15) is 0 Å². The Hall–Kier alpha value is -0.332. The molecule has 1 nitrogen and oxygen atoms in total. The van der Waals surface area contributed by atoms with Crippen LogP contribution in [0.3, 0.4) is 0 Å². The number of benzene rings is 2. The number of ether oxygens (including phenoxy) is 1. The molecule has 0 saturated heterocycles. The zero-order valence-corrected chi connectivity index (χ0v) is 12.8. The summed E-state index contributed by atoms with van der Waals surface area (Å²) in [4.78, 5) is 0. The van der Waals surface area contributed by atoms with E-state index in [-0.39, 0.29) is 0 Å². The second kappa shape index (κ2) is 3.58. The standard InChI is InChI=1S/C12H8AsCl3O/c14-13(15,16)9-5-1-3-7-11(9)17-12-8-4-2-6-10(12)13/h1-8H. The first-order valence-corrected chi connectivity index (χ1v) is 14.3. The van der Waals surface area contributed by atoms with Crippen molar-refractivity contribution in [3.8, 4) is 11.5 Å². The molecule has 0 aliphatic carbocycles. The molecule has 0 bridgehead atoms. The van der Waals surface area contributed by atoms with Gasteiger partial charge in [0.2, 0.25) is 0 Å². The maximum atomic E-state index is 6.62. The van der Waals surface area contributed by atoms with E-state index in [0.29, 0.717) is 11.5 Å². The van der Waals surface area contributed by atoms with Crippen LogP contribution in [0.2, 0.25) is 0 Å². The quantitative estimate of drug-likeness (QED) is 0.662. The summed E-state index contributed by atoms with van der Waals surface area (Å²) in [7, 11) is 15.6. The average molecular weight is 349 g/mol. The predicted molar refractivity (Wildman–Crippen MR) is 75.5 cm³/mol. The Kier molecular flexibility index (Phi) is 2.48. The summed E-state index contributed by atoms with van der Waals surface area (Å²) in [5.41, 5.74) is 0. The fraction of sp³-hybridized carbons (Fsp3) is 0. The summed E-state index contributed by atoms with van der Waals surface area (Å²) in [6, 6.07) is 14.8. The number of rotatable bonds is 0. The van der Waals surface area contributed by atoms with Crippen LogP contribution >= 0.6 is 29.8 Å². The van der Waals surface area contributed by atoms with Crippen molar-refractivity contribution in [2.45, 2.75) is 0 Å². The Morgan fingerprint density at radius 3 is 1.59 bits per heavy atom. The summed E-state index contributed by atoms with van der Waals surface area (Å²) >= 11 is 0. The SMILES string of the molecule is Cl[As]1(Cl)(Cl)c2ccccc2Oc2ccccc21. The van der Waals surface area contributed by atoms with Crippen LogP contribution in [0.4, 0.5) is 0 Å². The predicted octanol–water partition coefficient (Wildman–Crippen LogP) is 3.52. The van der Waals surface area contributed by atoms with Crippen molar-refractivity contribution in [2.24, 2.45) is 0 Å². The molecule has 0 aromatic heterocycles. The zero-order valence-electron chi connectivity index (χ0n) is 8.61. The van der Waals surface area contributed by atoms with E-state index in [1.54, 1.807) is 0 Å². The molecule has 3 rings (SSSR count). The van der Waals surface area contributed by atoms with E-state index in [4.69, 9.17) is 34.6 Å². The van der Waals surface area contributed by atoms with E-state index < -0.39 is 9.63 Å². The second-order valence-electron chi connectivity index (χ2n) is 3.85. The van der Waals surface area contributed by atoms with Crippen molar-refractivity contribution in [3.05, 3.63) is 48.5 Å². The van der Waals surface area contributed by atoms with E-state index in [1.807, 2.05) is 48.5 Å². The molecule has 0 radical (unpaired) electrons. The molecule has 2 aromatic rings. The van der Waals surface area contributed by atoms with Crippen LogP contribution in [-0.4, -0.2) is 9.63 Å². The van der Waals surface area contributed by atoms with Crippen LogP contribution in [0.15, 0.2) is 48.5 Å². The summed E-state index contributed by atoms with van der Waals surface area (Å²) in [6.45, 7) is 0. The van der Waals surface area contributed by atoms with Crippen LogP contribution in [0.1, 0.15) is 0 Å². The molecule has 0 atom stereocenters. The molecule has 17 heavy (non-hydrogen) atoms. The Bertz CT molecular complexity index is 554. The first-order chi connectivity index (χ1) is 7.97. The van der Waals surface area contributed by atoms with E-state index in [0.717, 1.165) is 8.70 Å². The molecule has 2 aromatic carbocycles. The minimum absolute atomic E-state index is 0.650. The van der Waals surface area contributed by atoms with Gasteiger partial charge in [-0.25, -0.2) is 0 Å². The summed E-state index contributed by atoms with van der Waals surface area (Å²) in [5.74, 6) is 1.30. The van der Waals surface area contributed by atoms with Crippen LogP contribution in [-0.2, 0) is 0 Å². The molecule has 0 unspecified atom stereocenters. The van der Waals surface area contributed by atoms with Crippen molar-refractivity contribution in [1.29, 1.82) is 0 Å². The fourth-order valence-corrected chi connectivity index (χ4v) is 10.2. The third kappa shape index (κ3) is 1.69. The normalized spacial score (nSPS) is 21.2. The second-order valence-corrected chi connectivity index (χ2v) is 22.5. The molecule has 1 aliphatic rings. The summed E-state index contributed by atoms with van der Waals surface area (Å²) in [5, 5.41) is 0. The Labute approximate surface area is 112 Å². The first kappa shape index (κ1) is 11.7. The summed E-state index contributed by atoms with van der Waals surface area (Å²) < 4.78 is 7.20. The van der Waals surface area contributed by atoms with Crippen LogP contribution < -0.4 is 13.4 Å². The average Bonchev–Trinajstić information content (AvgIpc) is 2.29. The van der Waals surface area contributed by atoms with E-state index in [2.05, 4.69) is 0 Å². The van der Waals surface area contributed by atoms with Crippen LogP contribution in [0, 0.1) is 0 Å². The van der Waals surface area contributed by atoms with Gasteiger partial charge in [0.25, 0.3) is 0 Å². The molecular formula is C12H8AsCl3O. The van der Waals surface area contributed by atoms with Gasteiger partial charge in [-0.1, -0.05) is 0 Å².